The first-order valence-electron chi connectivity index (χ1n) is 28.9. The Morgan fingerprint density at radius 1 is 0.709 bits per heavy atom. The smallest absolute Gasteiger partial charge is 0.0669 e. The average molecular weight is 1040 g/mol. The molecule has 1 heterocycles. The molecule has 3 heteroatoms. The number of allylic oxidation sites excluding steroid dienone is 20. The summed E-state index contributed by atoms with van der Waals surface area (Å²) in [6, 6.07) is 44.5. The zero-order valence-electron chi connectivity index (χ0n) is 48.8. The molecule has 4 aliphatic rings. The lowest BCUT2D eigenvalue weighted by Gasteiger charge is -2.28. The molecule has 2 N–H and O–H groups in total. The van der Waals surface area contributed by atoms with Gasteiger partial charge in [-0.3, -0.25) is 4.99 Å². The maximum Gasteiger partial charge on any atom is 0.0669 e. The van der Waals surface area contributed by atoms with Gasteiger partial charge in [0.2, 0.25) is 0 Å². The third-order valence-electron chi connectivity index (χ3n) is 15.0. The van der Waals surface area contributed by atoms with Crippen LogP contribution >= 0.6 is 0 Å². The normalized spacial score (nSPS) is 17.9. The summed E-state index contributed by atoms with van der Waals surface area (Å²) in [6.45, 7) is 24.4. The number of hydrogen-bond acceptors (Lipinski definition) is 2. The molecule has 4 aliphatic carbocycles. The van der Waals surface area contributed by atoms with Gasteiger partial charge in [0, 0.05) is 22.2 Å². The van der Waals surface area contributed by atoms with Crippen molar-refractivity contribution in [3.63, 3.8) is 0 Å². The van der Waals surface area contributed by atoms with E-state index >= 15 is 0 Å². The van der Waals surface area contributed by atoms with Crippen molar-refractivity contribution in [1.82, 2.24) is 4.57 Å². The molecule has 0 saturated carbocycles. The summed E-state index contributed by atoms with van der Waals surface area (Å²) in [6.07, 6.45) is 44.1. The molecule has 0 aliphatic heterocycles. The van der Waals surface area contributed by atoms with Crippen molar-refractivity contribution in [1.29, 1.82) is 0 Å². The number of rotatable bonds is 11. The Morgan fingerprint density at radius 2 is 1.33 bits per heavy atom. The zero-order chi connectivity index (χ0) is 56.2. The van der Waals surface area contributed by atoms with E-state index < -0.39 is 0 Å². The van der Waals surface area contributed by atoms with E-state index in [-0.39, 0.29) is 5.41 Å². The summed E-state index contributed by atoms with van der Waals surface area (Å²) in [5.74, 6) is 0.300. The van der Waals surface area contributed by atoms with Crippen molar-refractivity contribution >= 4 is 34.0 Å². The second kappa shape index (κ2) is 29.1. The van der Waals surface area contributed by atoms with Crippen molar-refractivity contribution in [2.75, 3.05) is 0 Å². The molecule has 10 rings (SSSR count). The van der Waals surface area contributed by atoms with E-state index in [0.717, 1.165) is 67.5 Å². The predicted octanol–water partition coefficient (Wildman–Crippen LogP) is 20.7. The number of aliphatic imine (C=N–C) groups is 1. The minimum atomic E-state index is -0.168. The number of nitrogens with zero attached hydrogens (tertiary/aromatic N) is 2. The fourth-order valence-electron chi connectivity index (χ4n) is 10.9. The van der Waals surface area contributed by atoms with Crippen LogP contribution in [0.4, 0.5) is 0 Å². The van der Waals surface area contributed by atoms with Crippen molar-refractivity contribution < 1.29 is 0 Å². The van der Waals surface area contributed by atoms with E-state index in [2.05, 4.69) is 222 Å². The van der Waals surface area contributed by atoms with Gasteiger partial charge < -0.3 is 10.3 Å². The molecule has 5 aromatic carbocycles. The van der Waals surface area contributed by atoms with E-state index in [1.165, 1.54) is 96.1 Å². The lowest BCUT2D eigenvalue weighted by molar-refractivity contribution is 0.655. The maximum atomic E-state index is 5.44. The van der Waals surface area contributed by atoms with Gasteiger partial charge in [0.1, 0.15) is 0 Å². The van der Waals surface area contributed by atoms with Crippen LogP contribution in [0.25, 0.3) is 45.1 Å². The van der Waals surface area contributed by atoms with Crippen LogP contribution in [0.3, 0.4) is 0 Å². The molecule has 79 heavy (non-hydrogen) atoms. The van der Waals surface area contributed by atoms with Gasteiger partial charge in [-0.15, -0.1) is 0 Å². The third-order valence-corrected chi connectivity index (χ3v) is 15.0. The molecule has 3 nitrogen and oxygen atoms in total. The van der Waals surface area contributed by atoms with Crippen LogP contribution in [0.1, 0.15) is 140 Å². The second-order valence-corrected chi connectivity index (χ2v) is 21.1. The summed E-state index contributed by atoms with van der Waals surface area (Å²) in [5.41, 5.74) is 27.7. The molecule has 1 unspecified atom stereocenters. The van der Waals surface area contributed by atoms with Crippen LogP contribution in [0.2, 0.25) is 0 Å². The molecule has 0 saturated heterocycles. The van der Waals surface area contributed by atoms with E-state index in [0.29, 0.717) is 5.92 Å². The first-order chi connectivity index (χ1) is 38.5. The Kier molecular flexibility index (Phi) is 21.6. The van der Waals surface area contributed by atoms with Crippen molar-refractivity contribution in [3.05, 3.63) is 287 Å². The third kappa shape index (κ3) is 14.2. The molecule has 1 atom stereocenters. The van der Waals surface area contributed by atoms with Crippen LogP contribution < -0.4 is 5.73 Å². The standard InChI is InChI=1S/C62H58N2.C6H10.C5H9N.C3H8/c1-6-42(2)61(63-57(48-24-14-9-15-25-48)39-30-44-20-10-7-11-21-44)49-33-31-45(32-34-49)46-35-37-50(38-36-46)64-58-29-19-18-27-52(58)55-40-56-54(41-59(55)64)43(3)60(62(56,4)5)53-28-17-16-26-51(53)47-22-12-8-13-23-47;1-3-5-6-4-2;1-2-3-4-5-6;1-3-2/h7-15,17,19-22,24-25,28-29,31-42H,3,6,16,18,23,26-27,30H2,1-2,4-5H3;3-6H,1-2H3;2-5H,6H2,1H3;3H2,1-2H3/b51-47-,57-39-,60-53+,63-61?;5-3-,6-4-;3-2-,5-4-;. The van der Waals surface area contributed by atoms with E-state index in [9.17, 15) is 0 Å². The van der Waals surface area contributed by atoms with Gasteiger partial charge in [-0.2, -0.15) is 0 Å². The molecule has 404 valence electrons. The van der Waals surface area contributed by atoms with Gasteiger partial charge >= 0.3 is 0 Å². The first-order valence-corrected chi connectivity index (χ1v) is 28.9. The Bertz CT molecular complexity index is 3360. The Labute approximate surface area is 475 Å². The summed E-state index contributed by atoms with van der Waals surface area (Å²) < 4.78 is 2.50. The second-order valence-electron chi connectivity index (χ2n) is 21.1. The molecule has 0 bridgehead atoms. The maximum absolute atomic E-state index is 5.44. The summed E-state index contributed by atoms with van der Waals surface area (Å²) in [5, 5.41) is 1.37. The summed E-state index contributed by atoms with van der Waals surface area (Å²) in [7, 11) is 0. The summed E-state index contributed by atoms with van der Waals surface area (Å²) >= 11 is 0. The topological polar surface area (TPSA) is 43.3 Å². The minimum Gasteiger partial charge on any atom is -0.405 e. The Hall–Kier alpha value is -8.01. The fraction of sp³-hybridized carbons (Fsp3) is 0.250. The molecular weight excluding hydrogens is 955 g/mol. The van der Waals surface area contributed by atoms with E-state index in [1.807, 2.05) is 57.2 Å². The number of aryl methyl sites for hydroxylation is 1. The van der Waals surface area contributed by atoms with Gasteiger partial charge in [-0.1, -0.05) is 237 Å². The van der Waals surface area contributed by atoms with Crippen LogP contribution in [-0.4, -0.2) is 10.3 Å². The number of aromatic nitrogens is 1. The van der Waals surface area contributed by atoms with Crippen molar-refractivity contribution in [2.45, 2.75) is 119 Å². The number of benzene rings is 5. The highest BCUT2D eigenvalue weighted by molar-refractivity contribution is 6.05. The SMILES string of the molecule is C/C=C\C=C/C.C/C=C\C=C/N.C=C1/C(=C2/C=CCC/C2=C2\C=CC=CC2)C(C)(C)c2cc3c4c(n(-c5ccc(-c6ccc(C(=N/C(=C\Cc7ccccc7)c7ccccc7)C(C)CC)cc6)cc5)c3cc21)C=CCC4.CCC. The molecule has 6 aromatic rings. The van der Waals surface area contributed by atoms with Crippen LogP contribution in [0, 0.1) is 5.92 Å². The molecule has 0 radical (unpaired) electrons. The highest BCUT2D eigenvalue weighted by Gasteiger charge is 2.41. The van der Waals surface area contributed by atoms with Crippen LogP contribution in [0.15, 0.2) is 253 Å². The van der Waals surface area contributed by atoms with Gasteiger partial charge in [0.15, 0.2) is 0 Å². The highest BCUT2D eigenvalue weighted by atomic mass is 15.0. The highest BCUT2D eigenvalue weighted by Crippen LogP contribution is 2.54. The summed E-state index contributed by atoms with van der Waals surface area (Å²) in [4.78, 5) is 5.44. The number of fused-ring (bicyclic) bond motifs is 4. The lowest BCUT2D eigenvalue weighted by Crippen LogP contribution is -2.18. The largest absolute Gasteiger partial charge is 0.405 e. The number of hydrogen-bond donors (Lipinski definition) is 1. The first kappa shape index (κ1) is 58.7. The van der Waals surface area contributed by atoms with E-state index in [1.54, 1.807) is 6.08 Å². The quantitative estimate of drug-likeness (QED) is 0.102. The Balaban J connectivity index is 0.000000534. The van der Waals surface area contributed by atoms with Gasteiger partial charge in [0.25, 0.3) is 0 Å². The Morgan fingerprint density at radius 3 is 1.94 bits per heavy atom. The van der Waals surface area contributed by atoms with Crippen LogP contribution in [-0.2, 0) is 18.3 Å². The zero-order valence-corrected chi connectivity index (χ0v) is 48.8. The minimum absolute atomic E-state index is 0.168. The molecule has 0 fully saturated rings. The fourth-order valence-corrected chi connectivity index (χ4v) is 10.9. The average Bonchev–Trinajstić information content (AvgIpc) is 3.64. The molecule has 1 aromatic heterocycles. The van der Waals surface area contributed by atoms with Gasteiger partial charge in [-0.05, 0) is 187 Å². The van der Waals surface area contributed by atoms with Crippen molar-refractivity contribution in [2.24, 2.45) is 16.6 Å². The molecule has 0 spiro atoms. The monoisotopic (exact) mass is 1040 g/mol. The van der Waals surface area contributed by atoms with Gasteiger partial charge in [-0.25, -0.2) is 0 Å². The van der Waals surface area contributed by atoms with Gasteiger partial charge in [0.05, 0.1) is 16.9 Å². The van der Waals surface area contributed by atoms with Crippen molar-refractivity contribution in [3.8, 4) is 16.8 Å². The van der Waals surface area contributed by atoms with Crippen LogP contribution in [0.5, 0.6) is 0 Å². The predicted molar refractivity (Wildman–Crippen MR) is 348 cm³/mol. The molecule has 0 amide bonds. The molecular formula is C76H85N3. The number of nitrogens with two attached hydrogens (primary N) is 1. The lowest BCUT2D eigenvalue weighted by atomic mass is 9.75. The van der Waals surface area contributed by atoms with E-state index in [4.69, 9.17) is 17.3 Å².